The van der Waals surface area contributed by atoms with E-state index in [1.807, 2.05) is 30.3 Å². The molecular weight excluding hydrogens is 342 g/mol. The second-order valence-corrected chi connectivity index (χ2v) is 5.67. The van der Waals surface area contributed by atoms with Crippen molar-refractivity contribution in [1.29, 1.82) is 0 Å². The number of anilines is 3. The molecule has 2 N–H and O–H groups in total. The fourth-order valence-electron chi connectivity index (χ4n) is 2.42. The number of pyridine rings is 1. The van der Waals surface area contributed by atoms with Crippen LogP contribution in [0.3, 0.4) is 0 Å². The summed E-state index contributed by atoms with van der Waals surface area (Å²) in [5.41, 5.74) is 2.38. The predicted octanol–water partition coefficient (Wildman–Crippen LogP) is 4.25. The van der Waals surface area contributed by atoms with E-state index in [2.05, 4.69) is 15.6 Å². The number of rotatable bonds is 6. The fourth-order valence-corrected chi connectivity index (χ4v) is 2.42. The summed E-state index contributed by atoms with van der Waals surface area (Å²) in [5.74, 6) is -0.0787. The molecule has 0 fully saturated rings. The number of hydrogen-bond donors (Lipinski definition) is 2. The highest BCUT2D eigenvalue weighted by molar-refractivity contribution is 6.04. The average molecular weight is 361 g/mol. The summed E-state index contributed by atoms with van der Waals surface area (Å²) in [6, 6.07) is 19.5. The van der Waals surface area contributed by atoms with Crippen LogP contribution in [-0.2, 0) is 4.74 Å². The highest BCUT2D eigenvalue weighted by atomic mass is 16.5. The van der Waals surface area contributed by atoms with Crippen molar-refractivity contribution in [2.45, 2.75) is 6.92 Å². The maximum Gasteiger partial charge on any atom is 0.338 e. The number of esters is 1. The minimum absolute atomic E-state index is 0.266. The lowest BCUT2D eigenvalue weighted by Crippen LogP contribution is -2.12. The van der Waals surface area contributed by atoms with Crippen LogP contribution >= 0.6 is 0 Å². The van der Waals surface area contributed by atoms with Gasteiger partial charge in [-0.15, -0.1) is 0 Å². The van der Waals surface area contributed by atoms with Crippen molar-refractivity contribution >= 4 is 29.1 Å². The van der Waals surface area contributed by atoms with Gasteiger partial charge in [0.05, 0.1) is 12.2 Å². The Balaban J connectivity index is 1.67. The molecule has 1 aromatic heterocycles. The lowest BCUT2D eigenvalue weighted by molar-refractivity contribution is 0.0526. The zero-order chi connectivity index (χ0) is 19.1. The summed E-state index contributed by atoms with van der Waals surface area (Å²) in [6.07, 6.45) is 1.57. The fraction of sp³-hybridized carbons (Fsp3) is 0.0952. The van der Waals surface area contributed by atoms with Crippen LogP contribution in [0.1, 0.15) is 27.6 Å². The molecule has 1 amide bonds. The Morgan fingerprint density at radius 1 is 0.926 bits per heavy atom. The number of hydrogen-bond acceptors (Lipinski definition) is 5. The van der Waals surface area contributed by atoms with Gasteiger partial charge >= 0.3 is 5.97 Å². The maximum absolute atomic E-state index is 12.5. The molecule has 0 radical (unpaired) electrons. The molecule has 6 nitrogen and oxygen atoms in total. The Bertz CT molecular complexity index is 925. The Morgan fingerprint density at radius 2 is 1.67 bits per heavy atom. The molecule has 136 valence electrons. The molecule has 0 aliphatic heterocycles. The van der Waals surface area contributed by atoms with Crippen LogP contribution in [0.25, 0.3) is 0 Å². The molecule has 0 atom stereocenters. The molecule has 27 heavy (non-hydrogen) atoms. The van der Waals surface area contributed by atoms with Crippen molar-refractivity contribution in [3.63, 3.8) is 0 Å². The van der Waals surface area contributed by atoms with Crippen molar-refractivity contribution in [2.24, 2.45) is 0 Å². The molecule has 0 saturated heterocycles. The average Bonchev–Trinajstić information content (AvgIpc) is 2.70. The normalized spacial score (nSPS) is 10.1. The van der Waals surface area contributed by atoms with Gasteiger partial charge in [0.1, 0.15) is 5.82 Å². The van der Waals surface area contributed by atoms with E-state index in [4.69, 9.17) is 4.74 Å². The van der Waals surface area contributed by atoms with Gasteiger partial charge in [0, 0.05) is 23.1 Å². The monoisotopic (exact) mass is 361 g/mol. The number of amides is 1. The third-order valence-corrected chi connectivity index (χ3v) is 3.72. The maximum atomic E-state index is 12.5. The van der Waals surface area contributed by atoms with Crippen molar-refractivity contribution < 1.29 is 14.3 Å². The molecule has 0 spiro atoms. The zero-order valence-corrected chi connectivity index (χ0v) is 14.8. The van der Waals surface area contributed by atoms with Gasteiger partial charge in [-0.1, -0.05) is 18.2 Å². The molecule has 0 bridgehead atoms. The first kappa shape index (κ1) is 18.1. The van der Waals surface area contributed by atoms with Crippen LogP contribution in [0, 0.1) is 0 Å². The molecule has 6 heteroatoms. The van der Waals surface area contributed by atoms with Gasteiger partial charge in [-0.05, 0) is 55.5 Å². The number of carbonyl (C=O) groups is 2. The molecule has 3 rings (SSSR count). The van der Waals surface area contributed by atoms with Crippen LogP contribution in [0.4, 0.5) is 17.2 Å². The van der Waals surface area contributed by atoms with E-state index >= 15 is 0 Å². The van der Waals surface area contributed by atoms with Crippen LogP contribution in [0.5, 0.6) is 0 Å². The van der Waals surface area contributed by atoms with Crippen molar-refractivity contribution in [3.05, 3.63) is 84.1 Å². The van der Waals surface area contributed by atoms with Crippen LogP contribution in [-0.4, -0.2) is 23.5 Å². The standard InChI is InChI=1S/C21H19N3O3/c1-2-27-21(26)15-8-10-18(11-9-15)24-20(25)16-12-13-22-19(14-16)23-17-6-4-3-5-7-17/h3-14H,2H2,1H3,(H,22,23)(H,24,25). The first-order chi connectivity index (χ1) is 13.2. The van der Waals surface area contributed by atoms with Crippen molar-refractivity contribution in [3.8, 4) is 0 Å². The third kappa shape index (κ3) is 4.92. The quantitative estimate of drug-likeness (QED) is 0.642. The summed E-state index contributed by atoms with van der Waals surface area (Å²) >= 11 is 0. The molecular formula is C21H19N3O3. The van der Waals surface area contributed by atoms with Crippen LogP contribution in [0.2, 0.25) is 0 Å². The molecule has 1 heterocycles. The minimum Gasteiger partial charge on any atom is -0.462 e. The van der Waals surface area contributed by atoms with Gasteiger partial charge in [-0.2, -0.15) is 0 Å². The van der Waals surface area contributed by atoms with Crippen molar-refractivity contribution in [1.82, 2.24) is 4.98 Å². The molecule has 0 saturated carbocycles. The molecule has 3 aromatic rings. The number of carbonyl (C=O) groups excluding carboxylic acids is 2. The number of nitrogens with zero attached hydrogens (tertiary/aromatic N) is 1. The van der Waals surface area contributed by atoms with E-state index in [1.54, 1.807) is 49.5 Å². The number of para-hydroxylation sites is 1. The second-order valence-electron chi connectivity index (χ2n) is 5.67. The first-order valence-corrected chi connectivity index (χ1v) is 8.52. The lowest BCUT2D eigenvalue weighted by Gasteiger charge is -2.09. The molecule has 0 aliphatic carbocycles. The van der Waals surface area contributed by atoms with Gasteiger partial charge in [-0.3, -0.25) is 4.79 Å². The number of aromatic nitrogens is 1. The van der Waals surface area contributed by atoms with Gasteiger partial charge in [-0.25, -0.2) is 9.78 Å². The molecule has 0 unspecified atom stereocenters. The Hall–Kier alpha value is -3.67. The number of nitrogens with one attached hydrogen (secondary N) is 2. The highest BCUT2D eigenvalue weighted by Crippen LogP contribution is 2.16. The summed E-state index contributed by atoms with van der Waals surface area (Å²) in [7, 11) is 0. The van der Waals surface area contributed by atoms with Crippen LogP contribution in [0.15, 0.2) is 72.9 Å². The third-order valence-electron chi connectivity index (χ3n) is 3.72. The van der Waals surface area contributed by atoms with Crippen LogP contribution < -0.4 is 10.6 Å². The van der Waals surface area contributed by atoms with E-state index in [-0.39, 0.29) is 11.9 Å². The summed E-state index contributed by atoms with van der Waals surface area (Å²) in [6.45, 7) is 2.07. The number of benzene rings is 2. The van der Waals surface area contributed by atoms with Crippen molar-refractivity contribution in [2.75, 3.05) is 17.2 Å². The minimum atomic E-state index is -0.388. The summed E-state index contributed by atoms with van der Waals surface area (Å²) < 4.78 is 4.94. The van der Waals surface area contributed by atoms with Gasteiger partial charge in [0.25, 0.3) is 5.91 Å². The second kappa shape index (κ2) is 8.62. The molecule has 0 aliphatic rings. The topological polar surface area (TPSA) is 80.3 Å². The summed E-state index contributed by atoms with van der Waals surface area (Å²) in [4.78, 5) is 28.4. The SMILES string of the molecule is CCOC(=O)c1ccc(NC(=O)c2ccnc(Nc3ccccc3)c2)cc1. The van der Waals surface area contributed by atoms with E-state index in [9.17, 15) is 9.59 Å². The van der Waals surface area contributed by atoms with E-state index in [0.717, 1.165) is 5.69 Å². The largest absolute Gasteiger partial charge is 0.462 e. The molecule has 2 aromatic carbocycles. The van der Waals surface area contributed by atoms with Gasteiger partial charge < -0.3 is 15.4 Å². The van der Waals surface area contributed by atoms with E-state index in [0.29, 0.717) is 29.2 Å². The van der Waals surface area contributed by atoms with Gasteiger partial charge in [0.15, 0.2) is 0 Å². The lowest BCUT2D eigenvalue weighted by atomic mass is 10.2. The summed E-state index contributed by atoms with van der Waals surface area (Å²) in [5, 5.41) is 5.95. The predicted molar refractivity (Wildman–Crippen MR) is 104 cm³/mol. The van der Waals surface area contributed by atoms with E-state index in [1.165, 1.54) is 0 Å². The zero-order valence-electron chi connectivity index (χ0n) is 14.8. The van der Waals surface area contributed by atoms with Gasteiger partial charge in [0.2, 0.25) is 0 Å². The first-order valence-electron chi connectivity index (χ1n) is 8.52. The Labute approximate surface area is 157 Å². The Kier molecular flexibility index (Phi) is 5.79. The van der Waals surface area contributed by atoms with E-state index < -0.39 is 0 Å². The smallest absolute Gasteiger partial charge is 0.338 e. The number of ether oxygens (including phenoxy) is 1. The highest BCUT2D eigenvalue weighted by Gasteiger charge is 2.10. The Morgan fingerprint density at radius 3 is 2.37 bits per heavy atom.